The summed E-state index contributed by atoms with van der Waals surface area (Å²) in [6.07, 6.45) is 4.92. The zero-order valence-electron chi connectivity index (χ0n) is 9.45. The number of hydrogen-bond donors (Lipinski definition) is 3. The predicted molar refractivity (Wildman–Crippen MR) is 59.8 cm³/mol. The van der Waals surface area contributed by atoms with Gasteiger partial charge in [0.15, 0.2) is 0 Å². The zero-order valence-corrected chi connectivity index (χ0v) is 9.45. The Morgan fingerprint density at radius 3 is 2.62 bits per heavy atom. The Hall–Kier alpha value is -1.10. The molecule has 92 valence electrons. The largest absolute Gasteiger partial charge is 0.481 e. The van der Waals surface area contributed by atoms with Crippen LogP contribution in [0.25, 0.3) is 0 Å². The summed E-state index contributed by atoms with van der Waals surface area (Å²) >= 11 is 0. The molecule has 0 heterocycles. The SMILES string of the molecule is NC1CCCCCC1C(=O)NCCC(=O)O. The Morgan fingerprint density at radius 1 is 1.25 bits per heavy atom. The predicted octanol–water partition coefficient (Wildman–Crippen LogP) is 0.485. The molecule has 0 saturated heterocycles. The van der Waals surface area contributed by atoms with Gasteiger partial charge in [0.25, 0.3) is 0 Å². The summed E-state index contributed by atoms with van der Waals surface area (Å²) in [7, 11) is 0. The molecular formula is C11H20N2O3. The second-order valence-corrected chi connectivity index (χ2v) is 4.34. The fraction of sp³-hybridized carbons (Fsp3) is 0.818. The Bertz CT molecular complexity index is 256. The fourth-order valence-corrected chi connectivity index (χ4v) is 2.09. The molecule has 0 aliphatic heterocycles. The van der Waals surface area contributed by atoms with Crippen LogP contribution in [0.3, 0.4) is 0 Å². The summed E-state index contributed by atoms with van der Waals surface area (Å²) in [5, 5.41) is 11.1. The number of carbonyl (C=O) groups excluding carboxylic acids is 1. The highest BCUT2D eigenvalue weighted by Gasteiger charge is 2.26. The average molecular weight is 228 g/mol. The molecule has 1 aliphatic carbocycles. The lowest BCUT2D eigenvalue weighted by Gasteiger charge is -2.20. The summed E-state index contributed by atoms with van der Waals surface area (Å²) in [6.45, 7) is 0.192. The number of nitrogens with two attached hydrogens (primary N) is 1. The van der Waals surface area contributed by atoms with Gasteiger partial charge in [-0.15, -0.1) is 0 Å². The van der Waals surface area contributed by atoms with Gasteiger partial charge in [-0.25, -0.2) is 0 Å². The molecule has 1 fully saturated rings. The first-order valence-corrected chi connectivity index (χ1v) is 5.86. The molecule has 0 radical (unpaired) electrons. The monoisotopic (exact) mass is 228 g/mol. The van der Waals surface area contributed by atoms with Crippen LogP contribution in [0.15, 0.2) is 0 Å². The van der Waals surface area contributed by atoms with Crippen molar-refractivity contribution in [2.75, 3.05) is 6.54 Å². The van der Waals surface area contributed by atoms with Crippen LogP contribution in [0.4, 0.5) is 0 Å². The van der Waals surface area contributed by atoms with Crippen LogP contribution in [0.1, 0.15) is 38.5 Å². The zero-order chi connectivity index (χ0) is 12.0. The fourth-order valence-electron chi connectivity index (χ4n) is 2.09. The highest BCUT2D eigenvalue weighted by Crippen LogP contribution is 2.22. The molecule has 16 heavy (non-hydrogen) atoms. The molecule has 0 spiro atoms. The number of nitrogens with one attached hydrogen (secondary N) is 1. The van der Waals surface area contributed by atoms with Crippen molar-refractivity contribution in [1.29, 1.82) is 0 Å². The highest BCUT2D eigenvalue weighted by molar-refractivity contribution is 5.80. The van der Waals surface area contributed by atoms with Gasteiger partial charge >= 0.3 is 5.97 Å². The van der Waals surface area contributed by atoms with E-state index < -0.39 is 5.97 Å². The van der Waals surface area contributed by atoms with Crippen molar-refractivity contribution in [3.05, 3.63) is 0 Å². The molecule has 5 heteroatoms. The molecule has 0 aromatic carbocycles. The Balaban J connectivity index is 2.35. The van der Waals surface area contributed by atoms with Gasteiger partial charge in [0.1, 0.15) is 0 Å². The van der Waals surface area contributed by atoms with Gasteiger partial charge in [-0.05, 0) is 12.8 Å². The van der Waals surface area contributed by atoms with Gasteiger partial charge in [0, 0.05) is 12.6 Å². The van der Waals surface area contributed by atoms with Crippen molar-refractivity contribution >= 4 is 11.9 Å². The minimum atomic E-state index is -0.898. The number of amides is 1. The van der Waals surface area contributed by atoms with Gasteiger partial charge in [0.05, 0.1) is 12.3 Å². The van der Waals surface area contributed by atoms with Gasteiger partial charge in [0.2, 0.25) is 5.91 Å². The number of hydrogen-bond acceptors (Lipinski definition) is 3. The maximum Gasteiger partial charge on any atom is 0.305 e. The van der Waals surface area contributed by atoms with Crippen LogP contribution in [0.2, 0.25) is 0 Å². The smallest absolute Gasteiger partial charge is 0.305 e. The van der Waals surface area contributed by atoms with Crippen LogP contribution in [0, 0.1) is 5.92 Å². The maximum absolute atomic E-state index is 11.8. The summed E-state index contributed by atoms with van der Waals surface area (Å²) in [5.74, 6) is -1.13. The molecule has 1 aliphatic rings. The molecule has 5 nitrogen and oxygen atoms in total. The topological polar surface area (TPSA) is 92.4 Å². The van der Waals surface area contributed by atoms with Crippen LogP contribution in [-0.2, 0) is 9.59 Å². The normalized spacial score (nSPS) is 25.8. The molecule has 0 aromatic heterocycles. The number of rotatable bonds is 4. The van der Waals surface area contributed by atoms with Crippen molar-refractivity contribution in [3.63, 3.8) is 0 Å². The highest BCUT2D eigenvalue weighted by atomic mass is 16.4. The number of aliphatic carboxylic acids is 1. The lowest BCUT2D eigenvalue weighted by Crippen LogP contribution is -2.41. The second-order valence-electron chi connectivity index (χ2n) is 4.34. The summed E-state index contributed by atoms with van der Waals surface area (Å²) in [6, 6.07) is -0.0765. The lowest BCUT2D eigenvalue weighted by molar-refractivity contribution is -0.137. The molecular weight excluding hydrogens is 208 g/mol. The van der Waals surface area contributed by atoms with E-state index in [1.165, 1.54) is 0 Å². The van der Waals surface area contributed by atoms with E-state index in [0.717, 1.165) is 32.1 Å². The van der Waals surface area contributed by atoms with Crippen molar-refractivity contribution < 1.29 is 14.7 Å². The minimum Gasteiger partial charge on any atom is -0.481 e. The average Bonchev–Trinajstić information content (AvgIpc) is 2.42. The lowest BCUT2D eigenvalue weighted by atomic mass is 9.94. The molecule has 2 atom stereocenters. The van der Waals surface area contributed by atoms with Gasteiger partial charge < -0.3 is 16.2 Å². The van der Waals surface area contributed by atoms with Gasteiger partial charge in [-0.3, -0.25) is 9.59 Å². The third-order valence-electron chi connectivity index (χ3n) is 3.04. The van der Waals surface area contributed by atoms with Crippen LogP contribution in [-0.4, -0.2) is 29.6 Å². The number of carboxylic acid groups (broad SMARTS) is 1. The summed E-state index contributed by atoms with van der Waals surface area (Å²) < 4.78 is 0. The molecule has 1 amide bonds. The third-order valence-corrected chi connectivity index (χ3v) is 3.04. The number of carboxylic acids is 1. The first-order chi connectivity index (χ1) is 7.61. The van der Waals surface area contributed by atoms with Crippen LogP contribution in [0.5, 0.6) is 0 Å². The van der Waals surface area contributed by atoms with Gasteiger partial charge in [-0.2, -0.15) is 0 Å². The molecule has 1 saturated carbocycles. The van der Waals surface area contributed by atoms with Crippen molar-refractivity contribution in [2.24, 2.45) is 11.7 Å². The van der Waals surface area contributed by atoms with E-state index >= 15 is 0 Å². The first kappa shape index (κ1) is 13.0. The summed E-state index contributed by atoms with van der Waals surface area (Å²) in [4.78, 5) is 22.1. The van der Waals surface area contributed by atoms with E-state index in [4.69, 9.17) is 10.8 Å². The van der Waals surface area contributed by atoms with Crippen LogP contribution < -0.4 is 11.1 Å². The first-order valence-electron chi connectivity index (χ1n) is 5.86. The Labute approximate surface area is 95.4 Å². The van der Waals surface area contributed by atoms with Gasteiger partial charge in [-0.1, -0.05) is 19.3 Å². The molecule has 4 N–H and O–H groups in total. The standard InChI is InChI=1S/C11H20N2O3/c12-9-5-3-1-2-4-8(9)11(16)13-7-6-10(14)15/h8-9H,1-7,12H2,(H,13,16)(H,14,15). The molecule has 0 aromatic rings. The quantitative estimate of drug-likeness (QED) is 0.610. The minimum absolute atomic E-state index is 0.0340. The maximum atomic E-state index is 11.8. The Kier molecular flexibility index (Phi) is 5.25. The number of carbonyl (C=O) groups is 2. The van der Waals surface area contributed by atoms with E-state index in [-0.39, 0.29) is 30.8 Å². The van der Waals surface area contributed by atoms with E-state index in [1.54, 1.807) is 0 Å². The van der Waals surface area contributed by atoms with Crippen LogP contribution >= 0.6 is 0 Å². The molecule has 2 unspecified atom stereocenters. The van der Waals surface area contributed by atoms with E-state index in [1.807, 2.05) is 0 Å². The Morgan fingerprint density at radius 2 is 1.94 bits per heavy atom. The third kappa shape index (κ3) is 4.18. The molecule has 0 bridgehead atoms. The van der Waals surface area contributed by atoms with Crippen molar-refractivity contribution in [3.8, 4) is 0 Å². The van der Waals surface area contributed by atoms with E-state index in [0.29, 0.717) is 0 Å². The van der Waals surface area contributed by atoms with E-state index in [9.17, 15) is 9.59 Å². The second kappa shape index (κ2) is 6.48. The molecule has 1 rings (SSSR count). The van der Waals surface area contributed by atoms with Crippen molar-refractivity contribution in [1.82, 2.24) is 5.32 Å². The van der Waals surface area contributed by atoms with Crippen molar-refractivity contribution in [2.45, 2.75) is 44.6 Å². The van der Waals surface area contributed by atoms with E-state index in [2.05, 4.69) is 5.32 Å². The summed E-state index contributed by atoms with van der Waals surface area (Å²) in [5.41, 5.74) is 5.93.